The van der Waals surface area contributed by atoms with Crippen LogP contribution in [0.5, 0.6) is 0 Å². The molecule has 0 unspecified atom stereocenters. The van der Waals surface area contributed by atoms with E-state index in [1.54, 1.807) is 13.0 Å². The van der Waals surface area contributed by atoms with E-state index < -0.39 is 17.2 Å². The summed E-state index contributed by atoms with van der Waals surface area (Å²) in [4.78, 5) is 20.9. The summed E-state index contributed by atoms with van der Waals surface area (Å²) in [5, 5.41) is 14.8. The van der Waals surface area contributed by atoms with Crippen LogP contribution in [0.1, 0.15) is 16.7 Å². The molecule has 1 aliphatic heterocycles. The van der Waals surface area contributed by atoms with E-state index in [4.69, 9.17) is 0 Å². The van der Waals surface area contributed by atoms with Crippen LogP contribution in [0.2, 0.25) is 0 Å². The van der Waals surface area contributed by atoms with Crippen molar-refractivity contribution in [3.63, 3.8) is 0 Å². The molecule has 1 fully saturated rings. The summed E-state index contributed by atoms with van der Waals surface area (Å²) in [6.45, 7) is 5.29. The summed E-state index contributed by atoms with van der Waals surface area (Å²) in [5.41, 5.74) is 2.67. The van der Waals surface area contributed by atoms with Gasteiger partial charge in [-0.15, -0.1) is 11.3 Å². The SMILES string of the molecule is Cc1cc(-c2cc(-c3ccc(N4CCNCC4)nc3)cs2)n(Cc2ccc(F)cc2F)c(=O)c1C#N. The first-order valence-electron chi connectivity index (χ1n) is 11.5. The summed E-state index contributed by atoms with van der Waals surface area (Å²) in [7, 11) is 0. The van der Waals surface area contributed by atoms with Gasteiger partial charge in [0.1, 0.15) is 29.1 Å². The van der Waals surface area contributed by atoms with Gasteiger partial charge in [-0.1, -0.05) is 6.07 Å². The highest BCUT2D eigenvalue weighted by Gasteiger charge is 2.18. The van der Waals surface area contributed by atoms with Crippen molar-refractivity contribution in [1.29, 1.82) is 5.26 Å². The third kappa shape index (κ3) is 4.65. The van der Waals surface area contributed by atoms with E-state index in [0.717, 1.165) is 60.1 Å². The minimum Gasteiger partial charge on any atom is -0.354 e. The number of nitrogens with one attached hydrogen (secondary N) is 1. The van der Waals surface area contributed by atoms with Crippen LogP contribution in [0, 0.1) is 29.9 Å². The fourth-order valence-electron chi connectivity index (χ4n) is 4.35. The average Bonchev–Trinajstić information content (AvgIpc) is 3.38. The summed E-state index contributed by atoms with van der Waals surface area (Å²) in [6, 6.07) is 13.0. The monoisotopic (exact) mass is 503 g/mol. The molecule has 4 aromatic rings. The highest BCUT2D eigenvalue weighted by Crippen LogP contribution is 2.33. The van der Waals surface area contributed by atoms with Crippen molar-refractivity contribution in [2.24, 2.45) is 0 Å². The first-order valence-corrected chi connectivity index (χ1v) is 12.4. The number of benzene rings is 1. The molecule has 1 aliphatic rings. The van der Waals surface area contributed by atoms with Crippen LogP contribution in [0.15, 0.2) is 58.8 Å². The van der Waals surface area contributed by atoms with Crippen molar-refractivity contribution >= 4 is 17.2 Å². The summed E-state index contributed by atoms with van der Waals surface area (Å²) < 4.78 is 29.2. The quantitative estimate of drug-likeness (QED) is 0.433. The molecular weight excluding hydrogens is 480 g/mol. The molecule has 1 aromatic carbocycles. The zero-order valence-electron chi connectivity index (χ0n) is 19.6. The van der Waals surface area contributed by atoms with Gasteiger partial charge in [-0.2, -0.15) is 5.26 Å². The van der Waals surface area contributed by atoms with Gasteiger partial charge >= 0.3 is 0 Å². The van der Waals surface area contributed by atoms with Crippen LogP contribution in [0.4, 0.5) is 14.6 Å². The van der Waals surface area contributed by atoms with Crippen molar-refractivity contribution < 1.29 is 8.78 Å². The molecule has 3 aromatic heterocycles. The van der Waals surface area contributed by atoms with Gasteiger partial charge in [0, 0.05) is 49.6 Å². The number of pyridine rings is 2. The molecule has 1 saturated heterocycles. The molecule has 9 heteroatoms. The van der Waals surface area contributed by atoms with Crippen molar-refractivity contribution in [3.05, 3.63) is 92.7 Å². The van der Waals surface area contributed by atoms with Gasteiger partial charge in [-0.3, -0.25) is 4.79 Å². The first-order chi connectivity index (χ1) is 17.4. The summed E-state index contributed by atoms with van der Waals surface area (Å²) >= 11 is 1.45. The minimum absolute atomic E-state index is 0.00532. The molecule has 0 atom stereocenters. The molecule has 0 radical (unpaired) electrons. The second kappa shape index (κ2) is 10.0. The number of hydrogen-bond acceptors (Lipinski definition) is 6. The first kappa shape index (κ1) is 23.9. The van der Waals surface area contributed by atoms with Crippen LogP contribution < -0.4 is 15.8 Å². The molecule has 5 rings (SSSR count). The van der Waals surface area contributed by atoms with E-state index >= 15 is 0 Å². The van der Waals surface area contributed by atoms with Crippen molar-refractivity contribution in [2.75, 3.05) is 31.1 Å². The maximum absolute atomic E-state index is 14.4. The number of aryl methyl sites for hydroxylation is 1. The van der Waals surface area contributed by atoms with Gasteiger partial charge in [0.25, 0.3) is 5.56 Å². The molecule has 36 heavy (non-hydrogen) atoms. The maximum Gasteiger partial charge on any atom is 0.269 e. The predicted octanol–water partition coefficient (Wildman–Crippen LogP) is 4.56. The smallest absolute Gasteiger partial charge is 0.269 e. The van der Waals surface area contributed by atoms with Crippen molar-refractivity contribution in [3.8, 4) is 27.8 Å². The van der Waals surface area contributed by atoms with Crippen LogP contribution >= 0.6 is 11.3 Å². The Bertz CT molecular complexity index is 1510. The Balaban J connectivity index is 1.51. The van der Waals surface area contributed by atoms with E-state index in [1.165, 1.54) is 22.0 Å². The van der Waals surface area contributed by atoms with Gasteiger partial charge < -0.3 is 14.8 Å². The number of rotatable bonds is 5. The number of nitriles is 1. The lowest BCUT2D eigenvalue weighted by molar-refractivity contribution is 0.565. The summed E-state index contributed by atoms with van der Waals surface area (Å²) in [6.07, 6.45) is 1.84. The van der Waals surface area contributed by atoms with Crippen LogP contribution in [-0.2, 0) is 6.54 Å². The van der Waals surface area contributed by atoms with Gasteiger partial charge in [0.2, 0.25) is 0 Å². The molecule has 0 spiro atoms. The highest BCUT2D eigenvalue weighted by molar-refractivity contribution is 7.14. The number of halogens is 2. The number of anilines is 1. The molecule has 0 bridgehead atoms. The molecule has 0 amide bonds. The summed E-state index contributed by atoms with van der Waals surface area (Å²) in [5.74, 6) is -0.493. The fourth-order valence-corrected chi connectivity index (χ4v) is 5.29. The lowest BCUT2D eigenvalue weighted by Gasteiger charge is -2.28. The van der Waals surface area contributed by atoms with Crippen LogP contribution in [0.25, 0.3) is 21.7 Å². The van der Waals surface area contributed by atoms with Crippen molar-refractivity contribution in [1.82, 2.24) is 14.9 Å². The predicted molar refractivity (Wildman–Crippen MR) is 137 cm³/mol. The Kier molecular flexibility index (Phi) is 6.63. The van der Waals surface area contributed by atoms with E-state index in [2.05, 4.69) is 15.2 Å². The molecule has 182 valence electrons. The zero-order valence-corrected chi connectivity index (χ0v) is 20.4. The highest BCUT2D eigenvalue weighted by atomic mass is 32.1. The van der Waals surface area contributed by atoms with Crippen LogP contribution in [0.3, 0.4) is 0 Å². The van der Waals surface area contributed by atoms with Crippen molar-refractivity contribution in [2.45, 2.75) is 13.5 Å². The van der Waals surface area contributed by atoms with E-state index in [9.17, 15) is 18.8 Å². The Labute approximate surface area is 211 Å². The molecule has 0 saturated carbocycles. The zero-order chi connectivity index (χ0) is 25.2. The lowest BCUT2D eigenvalue weighted by atomic mass is 10.1. The number of thiophene rings is 1. The van der Waals surface area contributed by atoms with Gasteiger partial charge in [-0.25, -0.2) is 13.8 Å². The number of aromatic nitrogens is 2. The second-order valence-corrected chi connectivity index (χ2v) is 9.58. The maximum atomic E-state index is 14.4. The average molecular weight is 504 g/mol. The number of nitrogens with zero attached hydrogens (tertiary/aromatic N) is 4. The standard InChI is InChI=1S/C27H23F2N5OS/c1-17-10-24(34(27(35)22(17)13-30)15-19-2-4-21(28)12-23(19)29)25-11-20(16-36-25)18-3-5-26(32-14-18)33-8-6-31-7-9-33/h2-5,10-12,14,16,31H,6-9,15H2,1H3. The molecule has 4 heterocycles. The van der Waals surface area contributed by atoms with Crippen LogP contribution in [-0.4, -0.2) is 35.7 Å². The fraction of sp³-hybridized carbons (Fsp3) is 0.222. The van der Waals surface area contributed by atoms with E-state index in [1.807, 2.05) is 35.8 Å². The van der Waals surface area contributed by atoms with E-state index in [-0.39, 0.29) is 17.7 Å². The molecule has 0 aliphatic carbocycles. The normalized spacial score (nSPS) is 13.6. The third-order valence-corrected chi connectivity index (χ3v) is 7.28. The Morgan fingerprint density at radius 1 is 1.11 bits per heavy atom. The van der Waals surface area contributed by atoms with Gasteiger partial charge in [-0.05, 0) is 53.8 Å². The Morgan fingerprint density at radius 3 is 2.61 bits per heavy atom. The third-order valence-electron chi connectivity index (χ3n) is 6.33. The largest absolute Gasteiger partial charge is 0.354 e. The molecular formula is C27H23F2N5OS. The topological polar surface area (TPSA) is 74.0 Å². The number of hydrogen-bond donors (Lipinski definition) is 1. The molecule has 6 nitrogen and oxygen atoms in total. The van der Waals surface area contributed by atoms with Gasteiger partial charge in [0.15, 0.2) is 0 Å². The minimum atomic E-state index is -0.741. The van der Waals surface area contributed by atoms with Gasteiger partial charge in [0.05, 0.1) is 17.1 Å². The Hall–Kier alpha value is -3.87. The second-order valence-electron chi connectivity index (χ2n) is 8.67. The van der Waals surface area contributed by atoms with E-state index in [0.29, 0.717) is 11.3 Å². The molecule has 1 N–H and O–H groups in total. The number of piperazine rings is 1. The lowest BCUT2D eigenvalue weighted by Crippen LogP contribution is -2.43. The Morgan fingerprint density at radius 2 is 1.92 bits per heavy atom.